The van der Waals surface area contributed by atoms with Crippen molar-refractivity contribution in [2.24, 2.45) is 0 Å². The van der Waals surface area contributed by atoms with Crippen molar-refractivity contribution in [3.8, 4) is 0 Å². The van der Waals surface area contributed by atoms with Crippen LogP contribution in [0, 0.1) is 5.82 Å². The van der Waals surface area contributed by atoms with Gasteiger partial charge in [-0.1, -0.05) is 51.8 Å². The number of halogens is 3. The fourth-order valence-corrected chi connectivity index (χ4v) is 5.18. The van der Waals surface area contributed by atoms with E-state index in [2.05, 4.69) is 37.9 Å². The third kappa shape index (κ3) is 3.76. The summed E-state index contributed by atoms with van der Waals surface area (Å²) in [4.78, 5) is 25.6. The minimum absolute atomic E-state index is 0.0837. The van der Waals surface area contributed by atoms with Crippen molar-refractivity contribution < 1.29 is 14.0 Å². The second-order valence-corrected chi connectivity index (χ2v) is 9.20. The molecule has 162 valence electrons. The van der Waals surface area contributed by atoms with Crippen LogP contribution >= 0.6 is 27.5 Å². The van der Waals surface area contributed by atoms with Gasteiger partial charge < -0.3 is 16.0 Å². The van der Waals surface area contributed by atoms with Gasteiger partial charge in [0.15, 0.2) is 0 Å². The molecule has 0 aromatic heterocycles. The number of fused-ring (bicyclic) bond motifs is 2. The highest BCUT2D eigenvalue weighted by atomic mass is 79.9. The van der Waals surface area contributed by atoms with E-state index in [0.717, 1.165) is 18.4 Å². The van der Waals surface area contributed by atoms with Crippen molar-refractivity contribution in [1.82, 2.24) is 10.6 Å². The van der Waals surface area contributed by atoms with Crippen molar-refractivity contribution in [2.45, 2.75) is 24.9 Å². The van der Waals surface area contributed by atoms with Crippen LogP contribution in [0.5, 0.6) is 0 Å². The number of benzene rings is 3. The molecule has 3 amide bonds. The van der Waals surface area contributed by atoms with Gasteiger partial charge in [0, 0.05) is 31.9 Å². The molecule has 1 aliphatic carbocycles. The van der Waals surface area contributed by atoms with Crippen molar-refractivity contribution in [1.29, 1.82) is 0 Å². The minimum atomic E-state index is -0.684. The molecule has 0 fully saturated rings. The largest absolute Gasteiger partial charge is 0.341 e. The number of hydrogen-bond acceptors (Lipinski definition) is 2. The van der Waals surface area contributed by atoms with E-state index in [1.165, 1.54) is 23.8 Å². The van der Waals surface area contributed by atoms with Gasteiger partial charge in [0.2, 0.25) is 0 Å². The lowest BCUT2D eigenvalue weighted by atomic mass is 9.96. The molecule has 1 aliphatic heterocycles. The van der Waals surface area contributed by atoms with E-state index < -0.39 is 11.9 Å². The Morgan fingerprint density at radius 3 is 2.78 bits per heavy atom. The molecular formula is C24H18BrClFN3O2. The molecule has 3 aromatic carbocycles. The van der Waals surface area contributed by atoms with E-state index in [4.69, 9.17) is 11.6 Å². The lowest BCUT2D eigenvalue weighted by molar-refractivity contribution is 0.0960. The Morgan fingerprint density at radius 1 is 1.12 bits per heavy atom. The van der Waals surface area contributed by atoms with Crippen LogP contribution in [-0.4, -0.2) is 11.9 Å². The Labute approximate surface area is 197 Å². The highest BCUT2D eigenvalue weighted by molar-refractivity contribution is 9.10. The number of urea groups is 1. The Hall–Kier alpha value is -2.90. The Bertz CT molecular complexity index is 1270. The highest BCUT2D eigenvalue weighted by Crippen LogP contribution is 2.41. The fourth-order valence-electron chi connectivity index (χ4n) is 4.49. The van der Waals surface area contributed by atoms with Crippen LogP contribution < -0.4 is 16.0 Å². The van der Waals surface area contributed by atoms with E-state index in [-0.39, 0.29) is 18.0 Å². The van der Waals surface area contributed by atoms with Gasteiger partial charge in [-0.3, -0.25) is 4.79 Å². The number of carbonyl (C=O) groups excluding carboxylic acids is 2. The van der Waals surface area contributed by atoms with E-state index in [0.29, 0.717) is 31.9 Å². The molecule has 0 spiro atoms. The quantitative estimate of drug-likeness (QED) is 0.408. The standard InChI is InChI=1S/C24H18BrClFN3O2/c25-13-9-17-21(22(30-23(17)31)16-11-14(27)6-7-18(16)26)20(10-13)29-24(32)28-19-8-5-12-3-1-2-4-15(12)19/h1-4,6-7,9-11,19,22H,5,8H2,(H,30,31)(H2,28,29,32). The van der Waals surface area contributed by atoms with E-state index >= 15 is 0 Å². The van der Waals surface area contributed by atoms with Gasteiger partial charge in [-0.15, -0.1) is 0 Å². The molecule has 3 N–H and O–H groups in total. The maximum absolute atomic E-state index is 13.9. The van der Waals surface area contributed by atoms with Crippen LogP contribution in [0.4, 0.5) is 14.9 Å². The first-order valence-electron chi connectivity index (χ1n) is 10.2. The first kappa shape index (κ1) is 21.0. The SMILES string of the molecule is O=C(Nc1cc(Br)cc2c1C(c1cc(F)ccc1Cl)NC2=O)NC1CCc2ccccc21. The number of carbonyl (C=O) groups is 2. The smallest absolute Gasteiger partial charge is 0.319 e. The van der Waals surface area contributed by atoms with Crippen LogP contribution in [-0.2, 0) is 6.42 Å². The van der Waals surface area contributed by atoms with Crippen LogP contribution in [0.1, 0.15) is 51.1 Å². The van der Waals surface area contributed by atoms with Crippen LogP contribution in [0.15, 0.2) is 59.1 Å². The molecule has 0 saturated heterocycles. The summed E-state index contributed by atoms with van der Waals surface area (Å²) in [5.74, 6) is -0.781. The van der Waals surface area contributed by atoms with Crippen LogP contribution in [0.2, 0.25) is 5.02 Å². The van der Waals surface area contributed by atoms with Gasteiger partial charge >= 0.3 is 6.03 Å². The number of aryl methyl sites for hydroxylation is 1. The highest BCUT2D eigenvalue weighted by Gasteiger charge is 2.35. The van der Waals surface area contributed by atoms with Crippen LogP contribution in [0.25, 0.3) is 0 Å². The second-order valence-electron chi connectivity index (χ2n) is 7.88. The van der Waals surface area contributed by atoms with E-state index in [9.17, 15) is 14.0 Å². The van der Waals surface area contributed by atoms with E-state index in [1.807, 2.05) is 18.2 Å². The molecule has 0 saturated carbocycles. The molecule has 2 unspecified atom stereocenters. The average molecular weight is 515 g/mol. The molecule has 3 aromatic rings. The summed E-state index contributed by atoms with van der Waals surface area (Å²) in [6.07, 6.45) is 1.73. The summed E-state index contributed by atoms with van der Waals surface area (Å²) in [5, 5.41) is 9.08. The van der Waals surface area contributed by atoms with E-state index in [1.54, 1.807) is 12.1 Å². The minimum Gasteiger partial charge on any atom is -0.341 e. The third-order valence-electron chi connectivity index (χ3n) is 5.91. The molecule has 5 rings (SSSR count). The predicted molar refractivity (Wildman–Crippen MR) is 125 cm³/mol. The third-order valence-corrected chi connectivity index (χ3v) is 6.71. The molecule has 5 nitrogen and oxygen atoms in total. The summed E-state index contributed by atoms with van der Waals surface area (Å²) in [6.45, 7) is 0. The monoisotopic (exact) mass is 513 g/mol. The summed E-state index contributed by atoms with van der Waals surface area (Å²) < 4.78 is 14.6. The first-order valence-corrected chi connectivity index (χ1v) is 11.3. The van der Waals surface area contributed by atoms with Gasteiger partial charge in [0.05, 0.1) is 12.1 Å². The van der Waals surface area contributed by atoms with Crippen molar-refractivity contribution in [3.05, 3.63) is 97.7 Å². The number of hydrogen-bond donors (Lipinski definition) is 3. The second kappa shape index (κ2) is 8.22. The van der Waals surface area contributed by atoms with Gasteiger partial charge in [0.1, 0.15) is 5.82 Å². The van der Waals surface area contributed by atoms with Crippen LogP contribution in [0.3, 0.4) is 0 Å². The maximum atomic E-state index is 13.9. The topological polar surface area (TPSA) is 70.2 Å². The number of amides is 3. The molecule has 2 aliphatic rings. The zero-order valence-corrected chi connectivity index (χ0v) is 19.1. The maximum Gasteiger partial charge on any atom is 0.319 e. The van der Waals surface area contributed by atoms with Gasteiger partial charge in [-0.05, 0) is 54.3 Å². The normalized spacial score (nSPS) is 18.7. The molecule has 0 bridgehead atoms. The Morgan fingerprint density at radius 2 is 1.94 bits per heavy atom. The van der Waals surface area contributed by atoms with Gasteiger partial charge in [0.25, 0.3) is 5.91 Å². The van der Waals surface area contributed by atoms with Crippen molar-refractivity contribution >= 4 is 45.2 Å². The summed E-state index contributed by atoms with van der Waals surface area (Å²) in [6, 6.07) is 14.3. The van der Waals surface area contributed by atoms with Gasteiger partial charge in [-0.2, -0.15) is 0 Å². The summed E-state index contributed by atoms with van der Waals surface area (Å²) in [7, 11) is 0. The van der Waals surface area contributed by atoms with Crippen molar-refractivity contribution in [2.75, 3.05) is 5.32 Å². The van der Waals surface area contributed by atoms with Gasteiger partial charge in [-0.25, -0.2) is 9.18 Å². The average Bonchev–Trinajstić information content (AvgIpc) is 3.31. The molecular weight excluding hydrogens is 497 g/mol. The summed E-state index contributed by atoms with van der Waals surface area (Å²) >= 11 is 9.72. The molecule has 32 heavy (non-hydrogen) atoms. The first-order chi connectivity index (χ1) is 15.4. The Balaban J connectivity index is 1.47. The lowest BCUT2D eigenvalue weighted by Gasteiger charge is -2.20. The molecule has 8 heteroatoms. The summed E-state index contributed by atoms with van der Waals surface area (Å²) in [5.41, 5.74) is 4.16. The molecule has 2 atom stereocenters. The number of rotatable bonds is 3. The fraction of sp³-hybridized carbons (Fsp3) is 0.167. The zero-order valence-electron chi connectivity index (χ0n) is 16.7. The molecule has 1 heterocycles. The van der Waals surface area contributed by atoms with Crippen molar-refractivity contribution in [3.63, 3.8) is 0 Å². The number of anilines is 1. The molecule has 0 radical (unpaired) electrons. The lowest BCUT2D eigenvalue weighted by Crippen LogP contribution is -2.32. The number of nitrogens with one attached hydrogen (secondary N) is 3. The zero-order chi connectivity index (χ0) is 22.4. The predicted octanol–water partition coefficient (Wildman–Crippen LogP) is 5.88. The Kier molecular flexibility index (Phi) is 5.39.